The van der Waals surface area contributed by atoms with Gasteiger partial charge in [-0.25, -0.2) is 0 Å². The van der Waals surface area contributed by atoms with E-state index in [9.17, 15) is 4.79 Å². The lowest BCUT2D eigenvalue weighted by Gasteiger charge is -2.04. The lowest BCUT2D eigenvalue weighted by atomic mass is 10.1. The highest BCUT2D eigenvalue weighted by Crippen LogP contribution is 2.28. The van der Waals surface area contributed by atoms with Gasteiger partial charge in [0.15, 0.2) is 0 Å². The zero-order valence-electron chi connectivity index (χ0n) is 14.1. The molecule has 0 aliphatic heterocycles. The summed E-state index contributed by atoms with van der Waals surface area (Å²) in [5.74, 6) is 0.619. The third-order valence-corrected chi connectivity index (χ3v) is 4.49. The van der Waals surface area contributed by atoms with E-state index in [-0.39, 0.29) is 5.91 Å². The van der Waals surface area contributed by atoms with Crippen molar-refractivity contribution < 1.29 is 4.79 Å². The fourth-order valence-electron chi connectivity index (χ4n) is 2.90. The summed E-state index contributed by atoms with van der Waals surface area (Å²) in [5, 5.41) is 7.75. The van der Waals surface area contributed by atoms with Gasteiger partial charge < -0.3 is 5.32 Å². The normalized spacial score (nSPS) is 13.6. The smallest absolute Gasteiger partial charge is 0.255 e. The number of carbonyl (C=O) groups excluding carboxylic acids is 1. The van der Waals surface area contributed by atoms with Crippen molar-refractivity contribution in [1.29, 1.82) is 0 Å². The molecular formula is C21H21N3O. The number of nitrogens with zero attached hydrogens (tertiary/aromatic N) is 2. The van der Waals surface area contributed by atoms with Gasteiger partial charge >= 0.3 is 0 Å². The third-order valence-electron chi connectivity index (χ3n) is 4.49. The Kier molecular flexibility index (Phi) is 4.34. The van der Waals surface area contributed by atoms with E-state index in [0.717, 1.165) is 23.4 Å². The molecule has 1 N–H and O–H groups in total. The summed E-state index contributed by atoms with van der Waals surface area (Å²) >= 11 is 0. The maximum absolute atomic E-state index is 12.7. The summed E-state index contributed by atoms with van der Waals surface area (Å²) in [6.45, 7) is 1.41. The highest BCUT2D eigenvalue weighted by atomic mass is 16.1. The number of hydrogen-bond acceptors (Lipinski definition) is 2. The number of amides is 1. The Balaban J connectivity index is 1.63. The van der Waals surface area contributed by atoms with Crippen LogP contribution >= 0.6 is 0 Å². The van der Waals surface area contributed by atoms with Gasteiger partial charge in [0.05, 0.1) is 12.1 Å². The highest BCUT2D eigenvalue weighted by Gasteiger charge is 2.24. The standard InChI is InChI=1S/C21H21N3O/c25-21(22-13-16-11-12-16)19-15-24(14-17-7-3-1-4-8-17)23-20(19)18-9-5-2-6-10-18/h1-10,15-16H,11-14H2,(H,22,25). The number of rotatable bonds is 6. The summed E-state index contributed by atoms with van der Waals surface area (Å²) in [4.78, 5) is 12.7. The Morgan fingerprint density at radius 1 is 1.04 bits per heavy atom. The molecule has 1 fully saturated rings. The first kappa shape index (κ1) is 15.6. The molecule has 0 atom stereocenters. The van der Waals surface area contributed by atoms with Crippen molar-refractivity contribution in [3.63, 3.8) is 0 Å². The van der Waals surface area contributed by atoms with Crippen LogP contribution in [0.15, 0.2) is 66.9 Å². The fourth-order valence-corrected chi connectivity index (χ4v) is 2.90. The van der Waals surface area contributed by atoms with Crippen molar-refractivity contribution in [3.05, 3.63) is 78.0 Å². The summed E-state index contributed by atoms with van der Waals surface area (Å²) in [6.07, 6.45) is 4.30. The van der Waals surface area contributed by atoms with Crippen molar-refractivity contribution >= 4 is 5.91 Å². The van der Waals surface area contributed by atoms with Crippen LogP contribution in [0.2, 0.25) is 0 Å². The number of hydrogen-bond donors (Lipinski definition) is 1. The SMILES string of the molecule is O=C(NCC1CC1)c1cn(Cc2ccccc2)nc1-c1ccccc1. The molecule has 0 bridgehead atoms. The summed E-state index contributed by atoms with van der Waals surface area (Å²) < 4.78 is 1.85. The molecule has 0 spiro atoms. The molecule has 3 aromatic rings. The van der Waals surface area contributed by atoms with E-state index < -0.39 is 0 Å². The van der Waals surface area contributed by atoms with Crippen molar-refractivity contribution in [2.75, 3.05) is 6.54 Å². The highest BCUT2D eigenvalue weighted by molar-refractivity contribution is 5.99. The zero-order valence-corrected chi connectivity index (χ0v) is 14.1. The predicted molar refractivity (Wildman–Crippen MR) is 98.3 cm³/mol. The van der Waals surface area contributed by atoms with Crippen LogP contribution in [-0.4, -0.2) is 22.2 Å². The van der Waals surface area contributed by atoms with Crippen molar-refractivity contribution in [3.8, 4) is 11.3 Å². The topological polar surface area (TPSA) is 46.9 Å². The van der Waals surface area contributed by atoms with Crippen LogP contribution in [0.1, 0.15) is 28.8 Å². The monoisotopic (exact) mass is 331 g/mol. The second-order valence-corrected chi connectivity index (χ2v) is 6.59. The molecule has 4 rings (SSSR count). The van der Waals surface area contributed by atoms with Gasteiger partial charge in [0.25, 0.3) is 5.91 Å². The van der Waals surface area contributed by atoms with Crippen LogP contribution in [-0.2, 0) is 6.54 Å². The number of nitrogens with one attached hydrogen (secondary N) is 1. The van der Waals surface area contributed by atoms with Crippen LogP contribution in [0.4, 0.5) is 0 Å². The molecular weight excluding hydrogens is 310 g/mol. The maximum atomic E-state index is 12.7. The molecule has 126 valence electrons. The van der Waals surface area contributed by atoms with Gasteiger partial charge in [-0.05, 0) is 24.3 Å². The molecule has 1 saturated carbocycles. The van der Waals surface area contributed by atoms with Gasteiger partial charge in [-0.1, -0.05) is 60.7 Å². The molecule has 1 aliphatic carbocycles. The molecule has 1 aliphatic rings. The van der Waals surface area contributed by atoms with Gasteiger partial charge in [0.2, 0.25) is 0 Å². The third kappa shape index (κ3) is 3.79. The molecule has 4 heteroatoms. The molecule has 1 heterocycles. The Hall–Kier alpha value is -2.88. The van der Waals surface area contributed by atoms with E-state index in [1.165, 1.54) is 12.8 Å². The van der Waals surface area contributed by atoms with Gasteiger partial charge in [-0.15, -0.1) is 0 Å². The van der Waals surface area contributed by atoms with E-state index >= 15 is 0 Å². The number of carbonyl (C=O) groups is 1. The molecule has 1 aromatic heterocycles. The average molecular weight is 331 g/mol. The number of benzene rings is 2. The minimum atomic E-state index is -0.0370. The van der Waals surface area contributed by atoms with Crippen molar-refractivity contribution in [2.45, 2.75) is 19.4 Å². The first-order valence-electron chi connectivity index (χ1n) is 8.74. The number of aromatic nitrogens is 2. The molecule has 4 nitrogen and oxygen atoms in total. The van der Waals surface area contributed by atoms with Gasteiger partial charge in [0, 0.05) is 18.3 Å². The summed E-state index contributed by atoms with van der Waals surface area (Å²) in [7, 11) is 0. The van der Waals surface area contributed by atoms with Gasteiger partial charge in [0.1, 0.15) is 5.69 Å². The fraction of sp³-hybridized carbons (Fsp3) is 0.238. The van der Waals surface area contributed by atoms with E-state index in [2.05, 4.69) is 17.4 Å². The maximum Gasteiger partial charge on any atom is 0.255 e. The Morgan fingerprint density at radius 3 is 2.40 bits per heavy atom. The predicted octanol–water partition coefficient (Wildman–Crippen LogP) is 3.74. The lowest BCUT2D eigenvalue weighted by Crippen LogP contribution is -2.25. The quantitative estimate of drug-likeness (QED) is 0.748. The molecule has 0 saturated heterocycles. The minimum absolute atomic E-state index is 0.0370. The molecule has 0 unspecified atom stereocenters. The van der Waals surface area contributed by atoms with Gasteiger partial charge in [-0.3, -0.25) is 9.48 Å². The average Bonchev–Trinajstić information content (AvgIpc) is 3.40. The van der Waals surface area contributed by atoms with E-state index in [1.54, 1.807) is 0 Å². The molecule has 25 heavy (non-hydrogen) atoms. The van der Waals surface area contributed by atoms with E-state index in [0.29, 0.717) is 18.0 Å². The van der Waals surface area contributed by atoms with Crippen molar-refractivity contribution in [2.24, 2.45) is 5.92 Å². The van der Waals surface area contributed by atoms with Crippen LogP contribution in [0.25, 0.3) is 11.3 Å². The Bertz CT molecular complexity index is 851. The van der Waals surface area contributed by atoms with Crippen LogP contribution < -0.4 is 5.32 Å². The summed E-state index contributed by atoms with van der Waals surface area (Å²) in [5.41, 5.74) is 3.51. The molecule has 2 aromatic carbocycles. The van der Waals surface area contributed by atoms with E-state index in [4.69, 9.17) is 5.10 Å². The van der Waals surface area contributed by atoms with Crippen LogP contribution in [0, 0.1) is 5.92 Å². The Labute approximate surface area is 147 Å². The second-order valence-electron chi connectivity index (χ2n) is 6.59. The first-order chi connectivity index (χ1) is 12.3. The largest absolute Gasteiger partial charge is 0.352 e. The summed E-state index contributed by atoms with van der Waals surface area (Å²) in [6, 6.07) is 20.1. The zero-order chi connectivity index (χ0) is 17.1. The van der Waals surface area contributed by atoms with Gasteiger partial charge in [-0.2, -0.15) is 5.10 Å². The molecule has 1 amide bonds. The van der Waals surface area contributed by atoms with Crippen LogP contribution in [0.5, 0.6) is 0 Å². The Morgan fingerprint density at radius 2 is 1.72 bits per heavy atom. The van der Waals surface area contributed by atoms with Crippen LogP contribution in [0.3, 0.4) is 0 Å². The van der Waals surface area contributed by atoms with E-state index in [1.807, 2.05) is 59.4 Å². The lowest BCUT2D eigenvalue weighted by molar-refractivity contribution is 0.0952. The minimum Gasteiger partial charge on any atom is -0.352 e. The second kappa shape index (κ2) is 6.93. The van der Waals surface area contributed by atoms with Crippen molar-refractivity contribution in [1.82, 2.24) is 15.1 Å². The first-order valence-corrected chi connectivity index (χ1v) is 8.74. The molecule has 0 radical (unpaired) electrons.